The summed E-state index contributed by atoms with van der Waals surface area (Å²) >= 11 is 0. The monoisotopic (exact) mass is 277 g/mol. The van der Waals surface area contributed by atoms with Crippen molar-refractivity contribution in [3.63, 3.8) is 0 Å². The Morgan fingerprint density at radius 3 is 2.28 bits per heavy atom. The number of hydrogen-bond donors (Lipinski definition) is 2. The zero-order chi connectivity index (χ0) is 13.8. The van der Waals surface area contributed by atoms with E-state index in [9.17, 15) is 8.42 Å². The summed E-state index contributed by atoms with van der Waals surface area (Å²) in [6, 6.07) is 0.427. The highest BCUT2D eigenvalue weighted by Gasteiger charge is 2.25. The first-order valence-electron chi connectivity index (χ1n) is 6.73. The predicted octanol–water partition coefficient (Wildman–Crippen LogP) is 0.231. The van der Waals surface area contributed by atoms with Crippen LogP contribution in [0, 0.1) is 11.8 Å². The lowest BCUT2D eigenvalue weighted by molar-refractivity contribution is 0.269. The number of nitrogens with two attached hydrogens (primary N) is 1. The topological polar surface area (TPSA) is 75.4 Å². The van der Waals surface area contributed by atoms with Gasteiger partial charge in [-0.2, -0.15) is 0 Å². The average Bonchev–Trinajstić information content (AvgIpc) is 2.29. The van der Waals surface area contributed by atoms with E-state index in [2.05, 4.69) is 19.2 Å². The summed E-state index contributed by atoms with van der Waals surface area (Å²) < 4.78 is 24.3. The molecule has 0 aromatic carbocycles. The van der Waals surface area contributed by atoms with Crippen LogP contribution in [0.2, 0.25) is 0 Å². The third kappa shape index (κ3) is 4.84. The normalized spacial score (nSPS) is 21.4. The fourth-order valence-electron chi connectivity index (χ4n) is 2.30. The molecule has 0 spiro atoms. The highest BCUT2D eigenvalue weighted by atomic mass is 32.2. The van der Waals surface area contributed by atoms with Crippen molar-refractivity contribution < 1.29 is 8.42 Å². The first kappa shape index (κ1) is 15.9. The molecular weight excluding hydrogens is 250 g/mol. The maximum atomic E-state index is 11.4. The lowest BCUT2D eigenvalue weighted by Crippen LogP contribution is -2.46. The molecule has 1 saturated heterocycles. The van der Waals surface area contributed by atoms with Crippen molar-refractivity contribution in [2.45, 2.75) is 32.7 Å². The first-order valence-corrected chi connectivity index (χ1v) is 8.58. The molecule has 1 fully saturated rings. The lowest BCUT2D eigenvalue weighted by Gasteiger charge is -2.32. The highest BCUT2D eigenvalue weighted by molar-refractivity contribution is 7.88. The Hall–Kier alpha value is -0.170. The SMILES string of the molecule is CC(C)C(CN)CNC1CCN(S(C)(=O)=O)CC1. The minimum Gasteiger partial charge on any atom is -0.330 e. The molecule has 1 rings (SSSR count). The van der Waals surface area contributed by atoms with Crippen molar-refractivity contribution in [2.75, 3.05) is 32.4 Å². The Kier molecular flexibility index (Phi) is 6.04. The second-order valence-electron chi connectivity index (χ2n) is 5.58. The Labute approximate surface area is 111 Å². The molecule has 0 aromatic rings. The van der Waals surface area contributed by atoms with E-state index in [1.165, 1.54) is 6.26 Å². The van der Waals surface area contributed by atoms with E-state index in [0.717, 1.165) is 19.4 Å². The summed E-state index contributed by atoms with van der Waals surface area (Å²) in [4.78, 5) is 0. The molecule has 1 heterocycles. The molecule has 0 saturated carbocycles. The number of nitrogens with one attached hydrogen (secondary N) is 1. The van der Waals surface area contributed by atoms with Crippen LogP contribution in [0.5, 0.6) is 0 Å². The maximum Gasteiger partial charge on any atom is 0.211 e. The van der Waals surface area contributed by atoms with E-state index in [0.29, 0.717) is 37.5 Å². The third-order valence-corrected chi connectivity index (χ3v) is 5.14. The molecule has 1 aliphatic rings. The zero-order valence-corrected chi connectivity index (χ0v) is 12.5. The van der Waals surface area contributed by atoms with Gasteiger partial charge in [-0.05, 0) is 37.8 Å². The van der Waals surface area contributed by atoms with Crippen LogP contribution < -0.4 is 11.1 Å². The molecule has 18 heavy (non-hydrogen) atoms. The Morgan fingerprint density at radius 1 is 1.33 bits per heavy atom. The van der Waals surface area contributed by atoms with Gasteiger partial charge in [-0.3, -0.25) is 0 Å². The zero-order valence-electron chi connectivity index (χ0n) is 11.7. The summed E-state index contributed by atoms with van der Waals surface area (Å²) in [7, 11) is -3.01. The van der Waals surface area contributed by atoms with Crippen molar-refractivity contribution in [3.05, 3.63) is 0 Å². The number of sulfonamides is 1. The third-order valence-electron chi connectivity index (χ3n) is 3.84. The van der Waals surface area contributed by atoms with E-state index in [4.69, 9.17) is 5.73 Å². The molecule has 108 valence electrons. The lowest BCUT2D eigenvalue weighted by atomic mass is 9.95. The summed E-state index contributed by atoms with van der Waals surface area (Å²) in [5.41, 5.74) is 5.74. The van der Waals surface area contributed by atoms with Crippen LogP contribution in [-0.4, -0.2) is 51.2 Å². The van der Waals surface area contributed by atoms with Gasteiger partial charge in [0.05, 0.1) is 6.26 Å². The number of nitrogens with zero attached hydrogens (tertiary/aromatic N) is 1. The van der Waals surface area contributed by atoms with Crippen LogP contribution in [-0.2, 0) is 10.0 Å². The van der Waals surface area contributed by atoms with Crippen LogP contribution in [0.25, 0.3) is 0 Å². The largest absolute Gasteiger partial charge is 0.330 e. The quantitative estimate of drug-likeness (QED) is 0.729. The Morgan fingerprint density at radius 2 is 1.89 bits per heavy atom. The minimum atomic E-state index is -3.01. The van der Waals surface area contributed by atoms with Gasteiger partial charge in [-0.25, -0.2) is 12.7 Å². The van der Waals surface area contributed by atoms with Crippen molar-refractivity contribution >= 4 is 10.0 Å². The second kappa shape index (κ2) is 6.84. The van der Waals surface area contributed by atoms with Crippen LogP contribution in [0.15, 0.2) is 0 Å². The summed E-state index contributed by atoms with van der Waals surface area (Å²) in [6.07, 6.45) is 3.06. The molecule has 5 nitrogen and oxygen atoms in total. The van der Waals surface area contributed by atoms with E-state index in [1.807, 2.05) is 0 Å². The fourth-order valence-corrected chi connectivity index (χ4v) is 3.17. The van der Waals surface area contributed by atoms with Crippen molar-refractivity contribution in [1.29, 1.82) is 0 Å². The molecule has 0 bridgehead atoms. The van der Waals surface area contributed by atoms with E-state index < -0.39 is 10.0 Å². The Balaban J connectivity index is 2.32. The molecule has 0 aliphatic carbocycles. The van der Waals surface area contributed by atoms with Gasteiger partial charge in [0, 0.05) is 19.1 Å². The molecule has 0 radical (unpaired) electrons. The molecule has 6 heteroatoms. The van der Waals surface area contributed by atoms with Gasteiger partial charge in [0.2, 0.25) is 10.0 Å². The second-order valence-corrected chi connectivity index (χ2v) is 7.57. The predicted molar refractivity (Wildman–Crippen MR) is 74.8 cm³/mol. The number of rotatable bonds is 6. The van der Waals surface area contributed by atoms with Crippen molar-refractivity contribution in [1.82, 2.24) is 9.62 Å². The van der Waals surface area contributed by atoms with Gasteiger partial charge in [0.1, 0.15) is 0 Å². The smallest absolute Gasteiger partial charge is 0.211 e. The minimum absolute atomic E-state index is 0.427. The van der Waals surface area contributed by atoms with Gasteiger partial charge in [-0.1, -0.05) is 13.8 Å². The van der Waals surface area contributed by atoms with Gasteiger partial charge >= 0.3 is 0 Å². The molecule has 1 aliphatic heterocycles. The van der Waals surface area contributed by atoms with Gasteiger partial charge in [0.15, 0.2) is 0 Å². The molecule has 0 amide bonds. The van der Waals surface area contributed by atoms with Crippen LogP contribution in [0.4, 0.5) is 0 Å². The summed E-state index contributed by atoms with van der Waals surface area (Å²) in [5, 5.41) is 3.52. The number of hydrogen-bond acceptors (Lipinski definition) is 4. The van der Waals surface area contributed by atoms with Crippen LogP contribution >= 0.6 is 0 Å². The van der Waals surface area contributed by atoms with Crippen LogP contribution in [0.1, 0.15) is 26.7 Å². The van der Waals surface area contributed by atoms with E-state index >= 15 is 0 Å². The molecule has 3 N–H and O–H groups in total. The number of piperidine rings is 1. The molecule has 1 unspecified atom stereocenters. The average molecular weight is 277 g/mol. The fraction of sp³-hybridized carbons (Fsp3) is 1.00. The molecular formula is C12H27N3O2S. The van der Waals surface area contributed by atoms with E-state index in [1.54, 1.807) is 4.31 Å². The van der Waals surface area contributed by atoms with Crippen molar-refractivity contribution in [3.8, 4) is 0 Å². The highest BCUT2D eigenvalue weighted by Crippen LogP contribution is 2.14. The van der Waals surface area contributed by atoms with E-state index in [-0.39, 0.29) is 0 Å². The standard InChI is InChI=1S/C12H27N3O2S/c1-10(2)11(8-13)9-14-12-4-6-15(7-5-12)18(3,16)17/h10-12,14H,4-9,13H2,1-3H3. The first-order chi connectivity index (χ1) is 8.34. The Bertz CT molecular complexity index is 335. The maximum absolute atomic E-state index is 11.4. The van der Waals surface area contributed by atoms with Gasteiger partial charge in [-0.15, -0.1) is 0 Å². The van der Waals surface area contributed by atoms with Crippen LogP contribution in [0.3, 0.4) is 0 Å². The van der Waals surface area contributed by atoms with Gasteiger partial charge in [0.25, 0.3) is 0 Å². The summed E-state index contributed by atoms with van der Waals surface area (Å²) in [6.45, 7) is 7.26. The van der Waals surface area contributed by atoms with Gasteiger partial charge < -0.3 is 11.1 Å². The molecule has 1 atom stereocenters. The van der Waals surface area contributed by atoms with Crippen molar-refractivity contribution in [2.24, 2.45) is 17.6 Å². The molecule has 0 aromatic heterocycles. The summed E-state index contributed by atoms with van der Waals surface area (Å²) in [5.74, 6) is 1.08.